The monoisotopic (exact) mass is 464 g/mol. The van der Waals surface area contributed by atoms with Crippen molar-refractivity contribution in [3.63, 3.8) is 0 Å². The number of carbonyl (C=O) groups is 2. The molecule has 4 rings (SSSR count). The third kappa shape index (κ3) is 5.11. The molecule has 0 fully saturated rings. The summed E-state index contributed by atoms with van der Waals surface area (Å²) in [5.74, 6) is 0.879. The largest absolute Gasteiger partial charge is 0.493 e. The van der Waals surface area contributed by atoms with Crippen LogP contribution < -0.4 is 24.4 Å². The Labute approximate surface area is 197 Å². The van der Waals surface area contributed by atoms with Gasteiger partial charge in [0.1, 0.15) is 11.6 Å². The first-order valence-corrected chi connectivity index (χ1v) is 10.8. The van der Waals surface area contributed by atoms with Crippen molar-refractivity contribution >= 4 is 23.2 Å². The number of anilines is 2. The molecule has 0 unspecified atom stereocenters. The number of carbonyl (C=O) groups excluding carboxylic acids is 2. The van der Waals surface area contributed by atoms with Gasteiger partial charge in [0.2, 0.25) is 5.91 Å². The second kappa shape index (κ2) is 10.2. The van der Waals surface area contributed by atoms with Crippen LogP contribution in [0.25, 0.3) is 0 Å². The Bertz CT molecular complexity index is 1210. The topological polar surface area (TPSA) is 77.1 Å². The lowest BCUT2D eigenvalue weighted by molar-refractivity contribution is -0.121. The van der Waals surface area contributed by atoms with Crippen LogP contribution in [0.4, 0.5) is 15.8 Å². The number of rotatable bonds is 8. The van der Waals surface area contributed by atoms with Gasteiger partial charge < -0.3 is 24.4 Å². The van der Waals surface area contributed by atoms with E-state index >= 15 is 0 Å². The predicted molar refractivity (Wildman–Crippen MR) is 126 cm³/mol. The first kappa shape index (κ1) is 23.1. The SMILES string of the molecule is COc1ccc(CCC(=O)Nc2ccc3c(c2)N(Cc2ccccc2F)C(=O)CO3)cc1OC. The van der Waals surface area contributed by atoms with E-state index < -0.39 is 0 Å². The minimum atomic E-state index is -0.386. The van der Waals surface area contributed by atoms with E-state index in [1.807, 2.05) is 12.1 Å². The molecule has 0 saturated heterocycles. The molecule has 0 saturated carbocycles. The smallest absolute Gasteiger partial charge is 0.265 e. The van der Waals surface area contributed by atoms with Crippen molar-refractivity contribution in [1.29, 1.82) is 0 Å². The second-order valence-corrected chi connectivity index (χ2v) is 7.78. The van der Waals surface area contributed by atoms with Crippen molar-refractivity contribution in [2.24, 2.45) is 0 Å². The van der Waals surface area contributed by atoms with Gasteiger partial charge in [-0.05, 0) is 48.4 Å². The minimum Gasteiger partial charge on any atom is -0.493 e. The Balaban J connectivity index is 1.45. The van der Waals surface area contributed by atoms with E-state index in [9.17, 15) is 14.0 Å². The van der Waals surface area contributed by atoms with Crippen LogP contribution in [0.1, 0.15) is 17.5 Å². The van der Waals surface area contributed by atoms with Gasteiger partial charge in [-0.25, -0.2) is 4.39 Å². The molecule has 0 spiro atoms. The number of aryl methyl sites for hydroxylation is 1. The molecule has 1 aliphatic heterocycles. The summed E-state index contributed by atoms with van der Waals surface area (Å²) in [6, 6.07) is 16.9. The normalized spacial score (nSPS) is 12.6. The molecule has 0 aromatic heterocycles. The Kier molecular flexibility index (Phi) is 6.96. The summed E-state index contributed by atoms with van der Waals surface area (Å²) in [6.45, 7) is -0.0585. The summed E-state index contributed by atoms with van der Waals surface area (Å²) in [5.41, 5.74) is 2.34. The number of hydrogen-bond acceptors (Lipinski definition) is 5. The number of nitrogens with zero attached hydrogens (tertiary/aromatic N) is 1. The number of ether oxygens (including phenoxy) is 3. The maximum atomic E-state index is 14.2. The van der Waals surface area contributed by atoms with Crippen LogP contribution in [0.5, 0.6) is 17.2 Å². The average Bonchev–Trinajstić information content (AvgIpc) is 2.85. The number of benzene rings is 3. The van der Waals surface area contributed by atoms with Crippen LogP contribution in [-0.2, 0) is 22.6 Å². The molecule has 176 valence electrons. The van der Waals surface area contributed by atoms with Crippen LogP contribution in [0.2, 0.25) is 0 Å². The highest BCUT2D eigenvalue weighted by molar-refractivity contribution is 5.99. The lowest BCUT2D eigenvalue weighted by Crippen LogP contribution is -2.38. The Morgan fingerprint density at radius 1 is 1.06 bits per heavy atom. The van der Waals surface area contributed by atoms with Gasteiger partial charge in [-0.15, -0.1) is 0 Å². The molecule has 0 atom stereocenters. The zero-order valence-electron chi connectivity index (χ0n) is 19.0. The quantitative estimate of drug-likeness (QED) is 0.537. The maximum Gasteiger partial charge on any atom is 0.265 e. The number of amides is 2. The van der Waals surface area contributed by atoms with Crippen LogP contribution in [0.3, 0.4) is 0 Å². The van der Waals surface area contributed by atoms with Crippen molar-refractivity contribution in [3.8, 4) is 17.2 Å². The maximum absolute atomic E-state index is 14.2. The van der Waals surface area contributed by atoms with Crippen molar-refractivity contribution in [3.05, 3.63) is 77.6 Å². The first-order chi connectivity index (χ1) is 16.5. The fraction of sp³-hybridized carbons (Fsp3) is 0.231. The van der Waals surface area contributed by atoms with Gasteiger partial charge in [0.15, 0.2) is 18.1 Å². The first-order valence-electron chi connectivity index (χ1n) is 10.8. The minimum absolute atomic E-state index is 0.0680. The summed E-state index contributed by atoms with van der Waals surface area (Å²) >= 11 is 0. The van der Waals surface area contributed by atoms with Crippen molar-refractivity contribution in [1.82, 2.24) is 0 Å². The van der Waals surface area contributed by atoms with E-state index in [0.717, 1.165) is 5.56 Å². The van der Waals surface area contributed by atoms with Crippen molar-refractivity contribution in [2.75, 3.05) is 31.0 Å². The Morgan fingerprint density at radius 2 is 1.85 bits per heavy atom. The lowest BCUT2D eigenvalue weighted by atomic mass is 10.1. The molecule has 34 heavy (non-hydrogen) atoms. The van der Waals surface area contributed by atoms with E-state index in [0.29, 0.717) is 40.6 Å². The number of methoxy groups -OCH3 is 2. The zero-order chi connectivity index (χ0) is 24.1. The molecule has 3 aromatic carbocycles. The molecule has 8 heteroatoms. The molecule has 2 amide bonds. The van der Waals surface area contributed by atoms with E-state index in [4.69, 9.17) is 14.2 Å². The standard InChI is InChI=1S/C26H25FN2O5/c1-32-23-10-7-17(13-24(23)33-2)8-12-25(30)28-19-9-11-22-21(14-19)29(26(31)16-34-22)15-18-5-3-4-6-20(18)27/h3-7,9-11,13-14H,8,12,15-16H2,1-2H3,(H,28,30). The molecule has 0 aliphatic carbocycles. The van der Waals surface area contributed by atoms with E-state index in [-0.39, 0.29) is 37.2 Å². The Morgan fingerprint density at radius 3 is 2.62 bits per heavy atom. The molecule has 3 aromatic rings. The summed E-state index contributed by atoms with van der Waals surface area (Å²) < 4.78 is 30.2. The molecule has 1 heterocycles. The fourth-order valence-electron chi connectivity index (χ4n) is 3.77. The van der Waals surface area contributed by atoms with E-state index in [2.05, 4.69) is 5.32 Å². The lowest BCUT2D eigenvalue weighted by Gasteiger charge is -2.30. The second-order valence-electron chi connectivity index (χ2n) is 7.78. The van der Waals surface area contributed by atoms with Gasteiger partial charge in [-0.3, -0.25) is 9.59 Å². The van der Waals surface area contributed by atoms with Crippen molar-refractivity contribution in [2.45, 2.75) is 19.4 Å². The number of fused-ring (bicyclic) bond motifs is 1. The van der Waals surface area contributed by atoms with E-state index in [1.165, 1.54) is 11.0 Å². The Hall–Kier alpha value is -4.07. The van der Waals surface area contributed by atoms with Crippen LogP contribution in [-0.4, -0.2) is 32.6 Å². The highest BCUT2D eigenvalue weighted by Gasteiger charge is 2.27. The molecule has 1 N–H and O–H groups in total. The van der Waals surface area contributed by atoms with Gasteiger partial charge >= 0.3 is 0 Å². The zero-order valence-corrected chi connectivity index (χ0v) is 19.0. The number of nitrogens with one attached hydrogen (secondary N) is 1. The van der Waals surface area contributed by atoms with Crippen LogP contribution in [0, 0.1) is 5.82 Å². The van der Waals surface area contributed by atoms with Gasteiger partial charge in [-0.1, -0.05) is 24.3 Å². The molecular weight excluding hydrogens is 439 g/mol. The fourth-order valence-corrected chi connectivity index (χ4v) is 3.77. The van der Waals surface area contributed by atoms with E-state index in [1.54, 1.807) is 56.7 Å². The highest BCUT2D eigenvalue weighted by atomic mass is 19.1. The summed E-state index contributed by atoms with van der Waals surface area (Å²) in [5, 5.41) is 2.86. The van der Waals surface area contributed by atoms with Gasteiger partial charge in [0, 0.05) is 17.7 Å². The van der Waals surface area contributed by atoms with Gasteiger partial charge in [-0.2, -0.15) is 0 Å². The summed E-state index contributed by atoms with van der Waals surface area (Å²) in [6.07, 6.45) is 0.763. The van der Waals surface area contributed by atoms with Gasteiger partial charge in [0.25, 0.3) is 5.91 Å². The predicted octanol–water partition coefficient (Wildman–Crippen LogP) is 4.34. The molecule has 7 nitrogen and oxygen atoms in total. The third-order valence-corrected chi connectivity index (χ3v) is 5.56. The van der Waals surface area contributed by atoms with Crippen LogP contribution >= 0.6 is 0 Å². The van der Waals surface area contributed by atoms with Gasteiger partial charge in [0.05, 0.1) is 26.5 Å². The molecular formula is C26H25FN2O5. The molecule has 0 radical (unpaired) electrons. The highest BCUT2D eigenvalue weighted by Crippen LogP contribution is 2.36. The summed E-state index contributed by atoms with van der Waals surface area (Å²) in [4.78, 5) is 26.6. The summed E-state index contributed by atoms with van der Waals surface area (Å²) in [7, 11) is 3.13. The number of halogens is 1. The average molecular weight is 464 g/mol. The third-order valence-electron chi connectivity index (χ3n) is 5.56. The number of hydrogen-bond donors (Lipinski definition) is 1. The molecule has 1 aliphatic rings. The van der Waals surface area contributed by atoms with Crippen LogP contribution in [0.15, 0.2) is 60.7 Å². The molecule has 0 bridgehead atoms. The van der Waals surface area contributed by atoms with Crippen molar-refractivity contribution < 1.29 is 28.2 Å².